The number of aromatic nitrogens is 3. The molecule has 2 aliphatic carbocycles. The van der Waals surface area contributed by atoms with Gasteiger partial charge in [0.25, 0.3) is 0 Å². The quantitative estimate of drug-likeness (QED) is 0.833. The van der Waals surface area contributed by atoms with E-state index in [9.17, 15) is 13.2 Å². The van der Waals surface area contributed by atoms with Crippen LogP contribution in [0.1, 0.15) is 55.8 Å². The lowest BCUT2D eigenvalue weighted by atomic mass is 9.95. The first-order valence-corrected chi connectivity index (χ1v) is 8.61. The SMILES string of the molecule is COC1CCC(Oc2ccn3c(C4CC4)nnc3c2C(F)(F)F)CC1. The van der Waals surface area contributed by atoms with E-state index < -0.39 is 11.7 Å². The monoisotopic (exact) mass is 355 g/mol. The fourth-order valence-electron chi connectivity index (χ4n) is 3.51. The van der Waals surface area contributed by atoms with Crippen LogP contribution in [0.2, 0.25) is 0 Å². The Hall–Kier alpha value is -1.83. The number of halogens is 3. The van der Waals surface area contributed by atoms with Gasteiger partial charge in [0.05, 0.1) is 12.2 Å². The number of hydrogen-bond donors (Lipinski definition) is 0. The zero-order valence-corrected chi connectivity index (χ0v) is 13.9. The second kappa shape index (κ2) is 6.16. The third-order valence-electron chi connectivity index (χ3n) is 5.04. The zero-order chi connectivity index (χ0) is 17.6. The van der Waals surface area contributed by atoms with Crippen LogP contribution in [0.4, 0.5) is 13.2 Å². The molecule has 5 nitrogen and oxygen atoms in total. The van der Waals surface area contributed by atoms with E-state index in [-0.39, 0.29) is 29.5 Å². The molecule has 4 rings (SSSR count). The van der Waals surface area contributed by atoms with Gasteiger partial charge in [-0.3, -0.25) is 4.40 Å². The summed E-state index contributed by atoms with van der Waals surface area (Å²) in [6.07, 6.45) is 1.82. The number of pyridine rings is 1. The van der Waals surface area contributed by atoms with Crippen molar-refractivity contribution in [1.29, 1.82) is 0 Å². The molecular formula is C17H20F3N3O2. The maximum Gasteiger partial charge on any atom is 0.423 e. The maximum atomic E-state index is 13.7. The largest absolute Gasteiger partial charge is 0.490 e. The summed E-state index contributed by atoms with van der Waals surface area (Å²) in [6, 6.07) is 1.40. The Kier molecular flexibility index (Phi) is 4.10. The van der Waals surface area contributed by atoms with E-state index in [1.807, 2.05) is 0 Å². The molecule has 0 radical (unpaired) electrons. The van der Waals surface area contributed by atoms with Crippen molar-refractivity contribution < 1.29 is 22.6 Å². The molecule has 0 aromatic carbocycles. The summed E-state index contributed by atoms with van der Waals surface area (Å²) >= 11 is 0. The van der Waals surface area contributed by atoms with Gasteiger partial charge in [-0.15, -0.1) is 10.2 Å². The molecule has 0 unspecified atom stereocenters. The summed E-state index contributed by atoms with van der Waals surface area (Å²) in [5, 5.41) is 7.80. The van der Waals surface area contributed by atoms with Gasteiger partial charge in [-0.2, -0.15) is 13.2 Å². The first-order valence-electron chi connectivity index (χ1n) is 8.61. The van der Waals surface area contributed by atoms with E-state index in [0.29, 0.717) is 18.7 Å². The van der Waals surface area contributed by atoms with E-state index >= 15 is 0 Å². The van der Waals surface area contributed by atoms with Crippen LogP contribution in [-0.2, 0) is 10.9 Å². The summed E-state index contributed by atoms with van der Waals surface area (Å²) in [5.41, 5.74) is -0.999. The number of hydrogen-bond acceptors (Lipinski definition) is 4. The summed E-state index contributed by atoms with van der Waals surface area (Å²) in [4.78, 5) is 0. The minimum atomic E-state index is -4.55. The highest BCUT2D eigenvalue weighted by Gasteiger charge is 2.40. The predicted molar refractivity (Wildman–Crippen MR) is 83.6 cm³/mol. The van der Waals surface area contributed by atoms with Crippen molar-refractivity contribution in [3.63, 3.8) is 0 Å². The Balaban J connectivity index is 1.66. The van der Waals surface area contributed by atoms with Crippen molar-refractivity contribution in [2.24, 2.45) is 0 Å². The highest BCUT2D eigenvalue weighted by atomic mass is 19.4. The molecular weight excluding hydrogens is 335 g/mol. The van der Waals surface area contributed by atoms with Crippen LogP contribution in [0.5, 0.6) is 5.75 Å². The highest BCUT2D eigenvalue weighted by Crippen LogP contribution is 2.43. The fraction of sp³-hybridized carbons (Fsp3) is 0.647. The van der Waals surface area contributed by atoms with Crippen LogP contribution in [-0.4, -0.2) is 33.9 Å². The second-order valence-corrected chi connectivity index (χ2v) is 6.83. The van der Waals surface area contributed by atoms with Gasteiger partial charge in [0.15, 0.2) is 5.65 Å². The van der Waals surface area contributed by atoms with Crippen LogP contribution < -0.4 is 4.74 Å². The number of methoxy groups -OCH3 is 1. The minimum absolute atomic E-state index is 0.157. The van der Waals surface area contributed by atoms with Crippen molar-refractivity contribution >= 4 is 5.65 Å². The Labute approximate surface area is 143 Å². The van der Waals surface area contributed by atoms with Crippen LogP contribution in [0.25, 0.3) is 5.65 Å². The molecule has 2 saturated carbocycles. The van der Waals surface area contributed by atoms with Crippen LogP contribution in [0, 0.1) is 0 Å². The van der Waals surface area contributed by atoms with E-state index in [0.717, 1.165) is 25.7 Å². The van der Waals surface area contributed by atoms with E-state index in [1.54, 1.807) is 13.3 Å². The van der Waals surface area contributed by atoms with Gasteiger partial charge in [-0.05, 0) is 44.6 Å². The van der Waals surface area contributed by atoms with Crippen LogP contribution >= 0.6 is 0 Å². The summed E-state index contributed by atoms with van der Waals surface area (Å²) in [5.74, 6) is 0.662. The van der Waals surface area contributed by atoms with Gasteiger partial charge in [0, 0.05) is 19.2 Å². The normalized spacial score (nSPS) is 24.6. The summed E-state index contributed by atoms with van der Waals surface area (Å²) in [6.45, 7) is 0. The maximum absolute atomic E-state index is 13.7. The molecule has 0 N–H and O–H groups in total. The van der Waals surface area contributed by atoms with Crippen molar-refractivity contribution in [3.8, 4) is 5.75 Å². The molecule has 25 heavy (non-hydrogen) atoms. The average Bonchev–Trinajstić information content (AvgIpc) is 3.34. The Morgan fingerprint density at radius 2 is 1.72 bits per heavy atom. The Bertz CT molecular complexity index is 762. The minimum Gasteiger partial charge on any atom is -0.490 e. The van der Waals surface area contributed by atoms with Crippen molar-refractivity contribution in [1.82, 2.24) is 14.6 Å². The Morgan fingerprint density at radius 3 is 2.32 bits per heavy atom. The first kappa shape index (κ1) is 16.6. The molecule has 2 aromatic heterocycles. The topological polar surface area (TPSA) is 48.7 Å². The number of rotatable bonds is 4. The third-order valence-corrected chi connectivity index (χ3v) is 5.04. The van der Waals surface area contributed by atoms with Crippen LogP contribution in [0.15, 0.2) is 12.3 Å². The molecule has 0 aliphatic heterocycles. The van der Waals surface area contributed by atoms with E-state index in [2.05, 4.69) is 10.2 Å². The number of fused-ring (bicyclic) bond motifs is 1. The lowest BCUT2D eigenvalue weighted by molar-refractivity contribution is -0.138. The van der Waals surface area contributed by atoms with E-state index in [4.69, 9.17) is 9.47 Å². The Morgan fingerprint density at radius 1 is 1.04 bits per heavy atom. The molecule has 8 heteroatoms. The van der Waals surface area contributed by atoms with Gasteiger partial charge >= 0.3 is 6.18 Å². The molecule has 0 atom stereocenters. The molecule has 0 saturated heterocycles. The summed E-state index contributed by atoms with van der Waals surface area (Å²) in [7, 11) is 1.66. The standard InChI is InChI=1S/C17H20F3N3O2/c1-24-11-4-6-12(7-5-11)25-13-8-9-23-15(10-2-3-10)21-22-16(23)14(13)17(18,19)20/h8-12H,2-7H2,1H3. The molecule has 2 aliphatic rings. The lowest BCUT2D eigenvalue weighted by Crippen LogP contribution is -2.28. The summed E-state index contributed by atoms with van der Waals surface area (Å²) < 4.78 is 53.6. The van der Waals surface area contributed by atoms with Crippen molar-refractivity contribution in [2.75, 3.05) is 7.11 Å². The van der Waals surface area contributed by atoms with Crippen molar-refractivity contribution in [3.05, 3.63) is 23.7 Å². The van der Waals surface area contributed by atoms with Gasteiger partial charge < -0.3 is 9.47 Å². The molecule has 2 fully saturated rings. The second-order valence-electron chi connectivity index (χ2n) is 6.83. The smallest absolute Gasteiger partial charge is 0.423 e. The number of ether oxygens (including phenoxy) is 2. The van der Waals surface area contributed by atoms with Gasteiger partial charge in [-0.1, -0.05) is 0 Å². The average molecular weight is 355 g/mol. The molecule has 136 valence electrons. The van der Waals surface area contributed by atoms with Gasteiger partial charge in [0.2, 0.25) is 0 Å². The van der Waals surface area contributed by atoms with E-state index in [1.165, 1.54) is 10.5 Å². The number of alkyl halides is 3. The highest BCUT2D eigenvalue weighted by molar-refractivity contribution is 5.57. The molecule has 2 heterocycles. The molecule has 0 spiro atoms. The predicted octanol–water partition coefficient (Wildman–Crippen LogP) is 3.96. The number of nitrogens with zero attached hydrogens (tertiary/aromatic N) is 3. The first-order chi connectivity index (χ1) is 12.0. The fourth-order valence-corrected chi connectivity index (χ4v) is 3.51. The molecule has 2 aromatic rings. The van der Waals surface area contributed by atoms with Gasteiger partial charge in [-0.25, -0.2) is 0 Å². The van der Waals surface area contributed by atoms with Gasteiger partial charge in [0.1, 0.15) is 17.1 Å². The third kappa shape index (κ3) is 3.19. The van der Waals surface area contributed by atoms with Crippen molar-refractivity contribution in [2.45, 2.75) is 62.8 Å². The zero-order valence-electron chi connectivity index (χ0n) is 13.9. The lowest BCUT2D eigenvalue weighted by Gasteiger charge is -2.29. The van der Waals surface area contributed by atoms with Crippen LogP contribution in [0.3, 0.4) is 0 Å². The molecule has 0 amide bonds. The molecule has 0 bridgehead atoms.